The van der Waals surface area contributed by atoms with Gasteiger partial charge >= 0.3 is 0 Å². The van der Waals surface area contributed by atoms with Crippen molar-refractivity contribution in [3.05, 3.63) is 84.2 Å². The zero-order valence-corrected chi connectivity index (χ0v) is 19.9. The van der Waals surface area contributed by atoms with Crippen molar-refractivity contribution >= 4 is 11.6 Å². The first-order valence-corrected chi connectivity index (χ1v) is 12.4. The van der Waals surface area contributed by atoms with Gasteiger partial charge in [-0.25, -0.2) is 0 Å². The predicted octanol–water partition coefficient (Wildman–Crippen LogP) is 3.80. The normalized spacial score (nSPS) is 17.7. The lowest BCUT2D eigenvalue weighted by atomic mass is 10.0. The molecular weight excluding hydrogens is 440 g/mol. The molecule has 2 aliphatic rings. The molecule has 0 aliphatic carbocycles. The van der Waals surface area contributed by atoms with E-state index in [1.54, 1.807) is 12.4 Å². The molecule has 0 saturated carbocycles. The molecule has 5 rings (SSSR count). The molecule has 0 spiro atoms. The van der Waals surface area contributed by atoms with Crippen molar-refractivity contribution in [1.82, 2.24) is 15.6 Å². The Morgan fingerprint density at radius 2 is 1.80 bits per heavy atom. The molecule has 1 aromatic heterocycles. The quantitative estimate of drug-likeness (QED) is 0.520. The van der Waals surface area contributed by atoms with E-state index in [0.717, 1.165) is 56.0 Å². The van der Waals surface area contributed by atoms with Crippen molar-refractivity contribution < 1.29 is 14.3 Å². The summed E-state index contributed by atoms with van der Waals surface area (Å²) in [5, 5.41) is 6.65. The zero-order chi connectivity index (χ0) is 23.9. The molecule has 3 aromatic rings. The molecule has 3 heterocycles. The Bertz CT molecular complexity index is 1100. The van der Waals surface area contributed by atoms with Crippen molar-refractivity contribution in [2.45, 2.75) is 38.0 Å². The molecule has 1 unspecified atom stereocenters. The van der Waals surface area contributed by atoms with E-state index in [4.69, 9.17) is 9.47 Å². The van der Waals surface area contributed by atoms with Crippen LogP contribution in [0.2, 0.25) is 0 Å². The number of rotatable bonds is 8. The van der Waals surface area contributed by atoms with Crippen LogP contribution in [0.5, 0.6) is 11.5 Å². The van der Waals surface area contributed by atoms with Gasteiger partial charge in [0.2, 0.25) is 0 Å². The Kier molecular flexibility index (Phi) is 7.44. The number of benzene rings is 2. The third kappa shape index (κ3) is 6.11. The topological polar surface area (TPSA) is 75.7 Å². The maximum atomic E-state index is 12.5. The third-order valence-corrected chi connectivity index (χ3v) is 6.63. The molecule has 1 saturated heterocycles. The summed E-state index contributed by atoms with van der Waals surface area (Å²) in [5.74, 6) is 1.61. The van der Waals surface area contributed by atoms with Gasteiger partial charge in [0.1, 0.15) is 12.7 Å². The van der Waals surface area contributed by atoms with Crippen LogP contribution in [0, 0.1) is 0 Å². The van der Waals surface area contributed by atoms with E-state index < -0.39 is 0 Å². The number of anilines is 1. The number of amides is 1. The fourth-order valence-electron chi connectivity index (χ4n) is 4.61. The van der Waals surface area contributed by atoms with E-state index in [1.807, 2.05) is 60.7 Å². The average Bonchev–Trinajstić information content (AvgIpc) is 2.93. The zero-order valence-electron chi connectivity index (χ0n) is 19.9. The highest BCUT2D eigenvalue weighted by Crippen LogP contribution is 2.31. The lowest BCUT2D eigenvalue weighted by Crippen LogP contribution is -2.44. The van der Waals surface area contributed by atoms with E-state index >= 15 is 0 Å². The lowest BCUT2D eigenvalue weighted by molar-refractivity contribution is 0.0841. The van der Waals surface area contributed by atoms with Crippen molar-refractivity contribution in [2.24, 2.45) is 0 Å². The fourth-order valence-corrected chi connectivity index (χ4v) is 4.61. The highest BCUT2D eigenvalue weighted by molar-refractivity contribution is 5.94. The molecule has 1 amide bonds. The molecule has 1 fully saturated rings. The van der Waals surface area contributed by atoms with Crippen LogP contribution in [0.25, 0.3) is 0 Å². The number of fused-ring (bicyclic) bond motifs is 1. The Morgan fingerprint density at radius 3 is 2.57 bits per heavy atom. The minimum Gasteiger partial charge on any atom is -0.486 e. The minimum atomic E-state index is -0.0702. The number of pyridine rings is 1. The Balaban J connectivity index is 1.02. The van der Waals surface area contributed by atoms with Crippen molar-refractivity contribution in [1.29, 1.82) is 0 Å². The predicted molar refractivity (Wildman–Crippen MR) is 136 cm³/mol. The summed E-state index contributed by atoms with van der Waals surface area (Å²) in [6.07, 6.45) is 6.70. The Hall–Kier alpha value is -3.58. The number of ether oxygens (including phenoxy) is 2. The molecule has 182 valence electrons. The van der Waals surface area contributed by atoms with Crippen LogP contribution in [0.15, 0.2) is 73.1 Å². The Morgan fingerprint density at radius 1 is 1.00 bits per heavy atom. The molecule has 1 atom stereocenters. The number of hydrogen-bond acceptors (Lipinski definition) is 6. The maximum Gasteiger partial charge on any atom is 0.251 e. The first kappa shape index (κ1) is 23.2. The summed E-state index contributed by atoms with van der Waals surface area (Å²) in [6.45, 7) is 4.00. The average molecular weight is 473 g/mol. The first-order chi connectivity index (χ1) is 17.2. The lowest BCUT2D eigenvalue weighted by Gasteiger charge is -2.34. The van der Waals surface area contributed by atoms with Gasteiger partial charge in [-0.15, -0.1) is 0 Å². The molecule has 0 radical (unpaired) electrons. The summed E-state index contributed by atoms with van der Waals surface area (Å²) in [7, 11) is 0. The van der Waals surface area contributed by atoms with Crippen LogP contribution >= 0.6 is 0 Å². The van der Waals surface area contributed by atoms with Gasteiger partial charge in [-0.1, -0.05) is 18.2 Å². The standard InChI is InChI=1S/C28H32N4O3/c33-28(31-19-21-4-3-14-29-18-21)22-7-9-24(10-8-22)32-16-12-23(13-17-32)30-15-11-25-20-34-26-5-1-2-6-27(26)35-25/h1-10,14,18,23,25,30H,11-13,15-17,19-20H2,(H,31,33). The highest BCUT2D eigenvalue weighted by Gasteiger charge is 2.22. The van der Waals surface area contributed by atoms with Gasteiger partial charge in [-0.2, -0.15) is 0 Å². The largest absolute Gasteiger partial charge is 0.486 e. The molecule has 7 heteroatoms. The number of hydrogen-bond donors (Lipinski definition) is 2. The summed E-state index contributed by atoms with van der Waals surface area (Å²) < 4.78 is 11.9. The van der Waals surface area contributed by atoms with Crippen molar-refractivity contribution in [2.75, 3.05) is 31.1 Å². The van der Waals surface area contributed by atoms with Crippen molar-refractivity contribution in [3.63, 3.8) is 0 Å². The van der Waals surface area contributed by atoms with Crippen LogP contribution in [0.4, 0.5) is 5.69 Å². The smallest absolute Gasteiger partial charge is 0.251 e. The van der Waals surface area contributed by atoms with E-state index in [2.05, 4.69) is 20.5 Å². The van der Waals surface area contributed by atoms with E-state index in [0.29, 0.717) is 24.8 Å². The van der Waals surface area contributed by atoms with Gasteiger partial charge in [0, 0.05) is 55.7 Å². The summed E-state index contributed by atoms with van der Waals surface area (Å²) in [6, 6.07) is 20.1. The van der Waals surface area contributed by atoms with E-state index in [9.17, 15) is 4.79 Å². The second-order valence-corrected chi connectivity index (χ2v) is 9.09. The molecule has 2 aliphatic heterocycles. The van der Waals surface area contributed by atoms with Crippen molar-refractivity contribution in [3.8, 4) is 11.5 Å². The van der Waals surface area contributed by atoms with Gasteiger partial charge < -0.3 is 25.0 Å². The van der Waals surface area contributed by atoms with Gasteiger partial charge in [0.05, 0.1) is 0 Å². The first-order valence-electron chi connectivity index (χ1n) is 12.4. The van der Waals surface area contributed by atoms with E-state index in [-0.39, 0.29) is 12.0 Å². The number of nitrogens with zero attached hydrogens (tertiary/aromatic N) is 2. The number of para-hydroxylation sites is 2. The van der Waals surface area contributed by atoms with Gasteiger partial charge in [-0.05, 0) is 67.4 Å². The molecule has 35 heavy (non-hydrogen) atoms. The number of nitrogens with one attached hydrogen (secondary N) is 2. The fraction of sp³-hybridized carbons (Fsp3) is 0.357. The summed E-state index contributed by atoms with van der Waals surface area (Å²) in [4.78, 5) is 18.9. The van der Waals surface area contributed by atoms with Crippen LogP contribution in [0.3, 0.4) is 0 Å². The second-order valence-electron chi connectivity index (χ2n) is 9.09. The minimum absolute atomic E-state index is 0.0702. The van der Waals surface area contributed by atoms with Crippen LogP contribution in [0.1, 0.15) is 35.2 Å². The number of carbonyl (C=O) groups is 1. The van der Waals surface area contributed by atoms with Crippen LogP contribution in [-0.2, 0) is 6.54 Å². The molecule has 2 N–H and O–H groups in total. The highest BCUT2D eigenvalue weighted by atomic mass is 16.6. The van der Waals surface area contributed by atoms with Gasteiger partial charge in [-0.3, -0.25) is 9.78 Å². The number of piperidine rings is 1. The maximum absolute atomic E-state index is 12.5. The molecule has 7 nitrogen and oxygen atoms in total. The second kappa shape index (κ2) is 11.2. The molecular formula is C28H32N4O3. The molecule has 0 bridgehead atoms. The summed E-state index contributed by atoms with van der Waals surface area (Å²) in [5.41, 5.74) is 2.82. The molecule has 2 aromatic carbocycles. The number of carbonyl (C=O) groups excluding carboxylic acids is 1. The SMILES string of the molecule is O=C(NCc1cccnc1)c1ccc(N2CCC(NCCC3COc4ccccc4O3)CC2)cc1. The third-order valence-electron chi connectivity index (χ3n) is 6.63. The summed E-state index contributed by atoms with van der Waals surface area (Å²) >= 11 is 0. The van der Waals surface area contributed by atoms with Crippen LogP contribution in [-0.4, -0.2) is 49.3 Å². The Labute approximate surface area is 206 Å². The van der Waals surface area contributed by atoms with Gasteiger partial charge in [0.25, 0.3) is 5.91 Å². The van der Waals surface area contributed by atoms with E-state index in [1.165, 1.54) is 5.69 Å². The van der Waals surface area contributed by atoms with Gasteiger partial charge in [0.15, 0.2) is 11.5 Å². The number of aromatic nitrogens is 1. The van der Waals surface area contributed by atoms with Crippen LogP contribution < -0.4 is 25.0 Å². The monoisotopic (exact) mass is 472 g/mol.